The first-order valence-corrected chi connectivity index (χ1v) is 10.5. The molecule has 0 aliphatic heterocycles. The Hall–Kier alpha value is -0.603. The van der Waals surface area contributed by atoms with Crippen molar-refractivity contribution in [2.45, 2.75) is 64.6 Å². The van der Waals surface area contributed by atoms with Gasteiger partial charge in [0.1, 0.15) is 0 Å². The van der Waals surface area contributed by atoms with Gasteiger partial charge < -0.3 is 4.80 Å². The topological polar surface area (TPSA) is 20.2 Å². The number of hydrogen-bond acceptors (Lipinski definition) is 1. The highest BCUT2D eigenvalue weighted by atomic mass is 28.4. The summed E-state index contributed by atoms with van der Waals surface area (Å²) >= 11 is 0. The Morgan fingerprint density at radius 1 is 1.16 bits per heavy atom. The number of hydrogen-bond donors (Lipinski definition) is 1. The van der Waals surface area contributed by atoms with Crippen molar-refractivity contribution in [2.75, 3.05) is 0 Å². The maximum Gasteiger partial charge on any atom is 0.188 e. The summed E-state index contributed by atoms with van der Waals surface area (Å²) in [6, 6.07) is 10.7. The van der Waals surface area contributed by atoms with Gasteiger partial charge in [-0.3, -0.25) is 0 Å². The molecule has 1 N–H and O–H groups in total. The zero-order chi connectivity index (χ0) is 14.5. The third-order valence-electron chi connectivity index (χ3n) is 4.72. The Kier molecular flexibility index (Phi) is 5.81. The highest BCUT2D eigenvalue weighted by Gasteiger charge is 2.39. The first kappa shape index (κ1) is 16.5. The molecule has 1 nitrogen and oxygen atoms in total. The SMILES string of the molecule is CC[C@H](CCc1ccccc1)CC(C)(C)[Si](C)(C)O. The standard InChI is InChI=1S/C17H30OSi/c1-6-15(14-17(2,3)19(4,5)18)12-13-16-10-8-7-9-11-16/h7-11,15,18H,6,12-14H2,1-5H3/t15-/m1/s1. The van der Waals surface area contributed by atoms with Gasteiger partial charge >= 0.3 is 0 Å². The highest BCUT2D eigenvalue weighted by Crippen LogP contribution is 2.43. The summed E-state index contributed by atoms with van der Waals surface area (Å²) in [4.78, 5) is 10.4. The van der Waals surface area contributed by atoms with E-state index in [1.54, 1.807) is 0 Å². The van der Waals surface area contributed by atoms with Gasteiger partial charge in [0.05, 0.1) is 0 Å². The van der Waals surface area contributed by atoms with Crippen molar-refractivity contribution >= 4 is 8.32 Å². The fourth-order valence-corrected chi connectivity index (χ4v) is 3.23. The molecule has 0 amide bonds. The fraction of sp³-hybridized carbons (Fsp3) is 0.647. The van der Waals surface area contributed by atoms with Crippen LogP contribution in [0.25, 0.3) is 0 Å². The van der Waals surface area contributed by atoms with Crippen LogP contribution in [0.4, 0.5) is 0 Å². The molecule has 19 heavy (non-hydrogen) atoms. The van der Waals surface area contributed by atoms with Crippen LogP contribution >= 0.6 is 0 Å². The van der Waals surface area contributed by atoms with E-state index in [-0.39, 0.29) is 5.04 Å². The Bertz CT molecular complexity index is 365. The van der Waals surface area contributed by atoms with Gasteiger partial charge in [0.15, 0.2) is 8.32 Å². The van der Waals surface area contributed by atoms with Crippen molar-refractivity contribution in [3.8, 4) is 0 Å². The maximum atomic E-state index is 10.4. The molecule has 1 aromatic carbocycles. The van der Waals surface area contributed by atoms with Crippen molar-refractivity contribution in [3.63, 3.8) is 0 Å². The van der Waals surface area contributed by atoms with Crippen LogP contribution in [0.5, 0.6) is 0 Å². The molecule has 1 rings (SSSR count). The van der Waals surface area contributed by atoms with E-state index in [0.717, 1.165) is 12.8 Å². The van der Waals surface area contributed by atoms with Crippen LogP contribution in [-0.4, -0.2) is 13.1 Å². The van der Waals surface area contributed by atoms with Gasteiger partial charge in [-0.25, -0.2) is 0 Å². The lowest BCUT2D eigenvalue weighted by molar-refractivity contribution is 0.350. The van der Waals surface area contributed by atoms with E-state index >= 15 is 0 Å². The Balaban J connectivity index is 2.55. The molecule has 0 aromatic heterocycles. The second-order valence-corrected chi connectivity index (χ2v) is 11.4. The third kappa shape index (κ3) is 5.11. The van der Waals surface area contributed by atoms with Gasteiger partial charge in [-0.1, -0.05) is 57.5 Å². The zero-order valence-electron chi connectivity index (χ0n) is 13.2. The lowest BCUT2D eigenvalue weighted by atomic mass is 9.89. The Morgan fingerprint density at radius 3 is 2.21 bits per heavy atom. The normalized spacial score (nSPS) is 14.4. The van der Waals surface area contributed by atoms with Gasteiger partial charge in [-0.05, 0) is 48.9 Å². The summed E-state index contributed by atoms with van der Waals surface area (Å²) in [7, 11) is -2.07. The van der Waals surface area contributed by atoms with Crippen LogP contribution < -0.4 is 0 Å². The Morgan fingerprint density at radius 2 is 1.74 bits per heavy atom. The quantitative estimate of drug-likeness (QED) is 0.695. The van der Waals surface area contributed by atoms with Crippen molar-refractivity contribution in [1.29, 1.82) is 0 Å². The third-order valence-corrected chi connectivity index (χ3v) is 8.23. The van der Waals surface area contributed by atoms with Gasteiger partial charge in [-0.15, -0.1) is 0 Å². The lowest BCUT2D eigenvalue weighted by Crippen LogP contribution is -2.40. The molecule has 0 heterocycles. The molecule has 0 spiro atoms. The first-order valence-electron chi connectivity index (χ1n) is 7.52. The average molecular weight is 279 g/mol. The van der Waals surface area contributed by atoms with E-state index in [2.05, 4.69) is 64.2 Å². The number of benzene rings is 1. The van der Waals surface area contributed by atoms with Gasteiger partial charge in [0.25, 0.3) is 0 Å². The minimum absolute atomic E-state index is 0.102. The molecule has 0 saturated carbocycles. The molecule has 0 radical (unpaired) electrons. The van der Waals surface area contributed by atoms with E-state index in [9.17, 15) is 4.80 Å². The van der Waals surface area contributed by atoms with Crippen LogP contribution in [0.15, 0.2) is 30.3 Å². The molecule has 0 fully saturated rings. The summed E-state index contributed by atoms with van der Waals surface area (Å²) in [5, 5.41) is 0.102. The van der Waals surface area contributed by atoms with E-state index in [4.69, 9.17) is 0 Å². The van der Waals surface area contributed by atoms with Crippen molar-refractivity contribution in [3.05, 3.63) is 35.9 Å². The summed E-state index contributed by atoms with van der Waals surface area (Å²) < 4.78 is 0. The maximum absolute atomic E-state index is 10.4. The fourth-order valence-electron chi connectivity index (χ4n) is 2.44. The van der Waals surface area contributed by atoms with Crippen LogP contribution in [0.2, 0.25) is 18.1 Å². The predicted octanol–water partition coefficient (Wildman–Crippen LogP) is 5.01. The molecule has 108 valence electrons. The van der Waals surface area contributed by atoms with E-state index < -0.39 is 8.32 Å². The molecule has 2 heteroatoms. The average Bonchev–Trinajstić information content (AvgIpc) is 2.34. The van der Waals surface area contributed by atoms with Crippen molar-refractivity contribution < 1.29 is 4.80 Å². The summed E-state index contributed by atoms with van der Waals surface area (Å²) in [6.45, 7) is 10.9. The second-order valence-electron chi connectivity index (χ2n) is 6.95. The largest absolute Gasteiger partial charge is 0.432 e. The monoisotopic (exact) mass is 278 g/mol. The zero-order valence-corrected chi connectivity index (χ0v) is 14.2. The van der Waals surface area contributed by atoms with Gasteiger partial charge in [0.2, 0.25) is 0 Å². The summed E-state index contributed by atoms with van der Waals surface area (Å²) in [5.74, 6) is 0.717. The Labute approximate surface area is 120 Å². The summed E-state index contributed by atoms with van der Waals surface area (Å²) in [6.07, 6.45) is 4.74. The molecule has 0 aliphatic carbocycles. The predicted molar refractivity (Wildman–Crippen MR) is 86.9 cm³/mol. The van der Waals surface area contributed by atoms with Crippen molar-refractivity contribution in [1.82, 2.24) is 0 Å². The molecule has 0 bridgehead atoms. The van der Waals surface area contributed by atoms with Gasteiger partial charge in [-0.2, -0.15) is 0 Å². The molecule has 0 aliphatic rings. The molecular weight excluding hydrogens is 248 g/mol. The first-order chi connectivity index (χ1) is 8.76. The van der Waals surface area contributed by atoms with Crippen molar-refractivity contribution in [2.24, 2.45) is 5.92 Å². The van der Waals surface area contributed by atoms with E-state index in [0.29, 0.717) is 5.92 Å². The molecule has 1 atom stereocenters. The lowest BCUT2D eigenvalue weighted by Gasteiger charge is -2.37. The van der Waals surface area contributed by atoms with Crippen LogP contribution in [0.3, 0.4) is 0 Å². The number of aryl methyl sites for hydroxylation is 1. The molecular formula is C17H30OSi. The van der Waals surface area contributed by atoms with Gasteiger partial charge in [0, 0.05) is 0 Å². The smallest absolute Gasteiger partial charge is 0.188 e. The molecule has 1 aromatic rings. The number of rotatable bonds is 7. The van der Waals surface area contributed by atoms with Crippen LogP contribution in [-0.2, 0) is 6.42 Å². The highest BCUT2D eigenvalue weighted by molar-refractivity contribution is 6.72. The molecule has 0 saturated heterocycles. The molecule has 0 unspecified atom stereocenters. The van der Waals surface area contributed by atoms with E-state index in [1.165, 1.54) is 18.4 Å². The van der Waals surface area contributed by atoms with Crippen LogP contribution in [0, 0.1) is 5.92 Å². The minimum Gasteiger partial charge on any atom is -0.432 e. The minimum atomic E-state index is -2.07. The van der Waals surface area contributed by atoms with Crippen LogP contribution in [0.1, 0.15) is 45.6 Å². The second kappa shape index (κ2) is 6.71. The summed E-state index contributed by atoms with van der Waals surface area (Å²) in [5.41, 5.74) is 1.43. The van der Waals surface area contributed by atoms with E-state index in [1.807, 2.05) is 0 Å².